The van der Waals surface area contributed by atoms with E-state index in [2.05, 4.69) is 5.32 Å². The van der Waals surface area contributed by atoms with Crippen LogP contribution in [0.15, 0.2) is 24.3 Å². The van der Waals surface area contributed by atoms with Crippen LogP contribution in [0.5, 0.6) is 5.75 Å². The van der Waals surface area contributed by atoms with E-state index in [9.17, 15) is 9.59 Å². The van der Waals surface area contributed by atoms with E-state index in [0.717, 1.165) is 0 Å². The summed E-state index contributed by atoms with van der Waals surface area (Å²) in [7, 11) is 1.52. The van der Waals surface area contributed by atoms with Crippen molar-refractivity contribution in [2.24, 2.45) is 5.41 Å². The van der Waals surface area contributed by atoms with Crippen molar-refractivity contribution < 1.29 is 19.4 Å². The third-order valence-corrected chi connectivity index (χ3v) is 2.60. The van der Waals surface area contributed by atoms with Gasteiger partial charge in [-0.05, 0) is 32.0 Å². The van der Waals surface area contributed by atoms with Gasteiger partial charge in [-0.1, -0.05) is 6.07 Å². The molecule has 0 aliphatic heterocycles. The van der Waals surface area contributed by atoms with E-state index in [4.69, 9.17) is 9.84 Å². The normalized spacial score (nSPS) is 10.8. The molecule has 0 saturated heterocycles. The number of amides is 1. The number of carbonyl (C=O) groups excluding carboxylic acids is 1. The summed E-state index contributed by atoms with van der Waals surface area (Å²) in [5, 5.41) is 11.5. The first-order valence-electron chi connectivity index (χ1n) is 5.52. The van der Waals surface area contributed by atoms with Crippen molar-refractivity contribution in [1.82, 2.24) is 5.32 Å². The maximum atomic E-state index is 11.8. The minimum Gasteiger partial charge on any atom is -0.497 e. The number of rotatable bonds is 5. The van der Waals surface area contributed by atoms with Gasteiger partial charge in [0.1, 0.15) is 5.75 Å². The summed E-state index contributed by atoms with van der Waals surface area (Å²) in [6.07, 6.45) is 0. The van der Waals surface area contributed by atoms with Gasteiger partial charge in [0.2, 0.25) is 0 Å². The first-order chi connectivity index (χ1) is 8.36. The van der Waals surface area contributed by atoms with Crippen molar-refractivity contribution in [1.29, 1.82) is 0 Å². The number of benzene rings is 1. The van der Waals surface area contributed by atoms with Crippen molar-refractivity contribution in [3.63, 3.8) is 0 Å². The second-order valence-electron chi connectivity index (χ2n) is 4.60. The highest BCUT2D eigenvalue weighted by molar-refractivity contribution is 5.94. The Kier molecular flexibility index (Phi) is 4.31. The molecule has 18 heavy (non-hydrogen) atoms. The fourth-order valence-electron chi connectivity index (χ4n) is 1.24. The Hall–Kier alpha value is -2.04. The van der Waals surface area contributed by atoms with E-state index >= 15 is 0 Å². The molecule has 1 aromatic rings. The molecule has 1 aromatic carbocycles. The molecule has 0 fully saturated rings. The van der Waals surface area contributed by atoms with Gasteiger partial charge in [0.15, 0.2) is 0 Å². The van der Waals surface area contributed by atoms with E-state index < -0.39 is 11.4 Å². The van der Waals surface area contributed by atoms with Crippen LogP contribution in [0.2, 0.25) is 0 Å². The van der Waals surface area contributed by atoms with Gasteiger partial charge in [-0.3, -0.25) is 9.59 Å². The van der Waals surface area contributed by atoms with Crippen molar-refractivity contribution >= 4 is 11.9 Å². The van der Waals surface area contributed by atoms with E-state index in [0.29, 0.717) is 11.3 Å². The van der Waals surface area contributed by atoms with Gasteiger partial charge in [-0.25, -0.2) is 0 Å². The zero-order valence-electron chi connectivity index (χ0n) is 10.7. The van der Waals surface area contributed by atoms with Gasteiger partial charge >= 0.3 is 5.97 Å². The van der Waals surface area contributed by atoms with Crippen molar-refractivity contribution in [3.05, 3.63) is 29.8 Å². The van der Waals surface area contributed by atoms with Crippen LogP contribution in [0.4, 0.5) is 0 Å². The lowest BCUT2D eigenvalue weighted by Crippen LogP contribution is -2.38. The second-order valence-corrected chi connectivity index (χ2v) is 4.60. The molecule has 0 bridgehead atoms. The molecule has 0 aliphatic rings. The van der Waals surface area contributed by atoms with Crippen LogP contribution < -0.4 is 10.1 Å². The van der Waals surface area contributed by atoms with Crippen LogP contribution in [0.25, 0.3) is 0 Å². The number of carboxylic acid groups (broad SMARTS) is 1. The minimum absolute atomic E-state index is 0.0678. The Bertz CT molecular complexity index is 454. The first-order valence-corrected chi connectivity index (χ1v) is 5.52. The van der Waals surface area contributed by atoms with Crippen LogP contribution in [0, 0.1) is 5.41 Å². The largest absolute Gasteiger partial charge is 0.497 e. The molecular formula is C13H17NO4. The monoisotopic (exact) mass is 251 g/mol. The smallest absolute Gasteiger partial charge is 0.310 e. The Balaban J connectivity index is 2.68. The number of nitrogens with one attached hydrogen (secondary N) is 1. The highest BCUT2D eigenvalue weighted by Gasteiger charge is 2.27. The molecule has 5 heteroatoms. The number of hydrogen-bond acceptors (Lipinski definition) is 3. The summed E-state index contributed by atoms with van der Waals surface area (Å²) in [6, 6.07) is 6.68. The van der Waals surface area contributed by atoms with Crippen LogP contribution in [-0.2, 0) is 4.79 Å². The van der Waals surface area contributed by atoms with Crippen molar-refractivity contribution in [3.8, 4) is 5.75 Å². The van der Waals surface area contributed by atoms with Crippen molar-refractivity contribution in [2.45, 2.75) is 13.8 Å². The molecular weight excluding hydrogens is 234 g/mol. The predicted octanol–water partition coefficient (Wildman–Crippen LogP) is 1.54. The zero-order chi connectivity index (χ0) is 13.8. The van der Waals surface area contributed by atoms with Gasteiger partial charge < -0.3 is 15.2 Å². The quantitative estimate of drug-likeness (QED) is 0.832. The third-order valence-electron chi connectivity index (χ3n) is 2.60. The second kappa shape index (κ2) is 5.53. The zero-order valence-corrected chi connectivity index (χ0v) is 10.7. The number of methoxy groups -OCH3 is 1. The van der Waals surface area contributed by atoms with Crippen LogP contribution in [0.1, 0.15) is 24.2 Å². The molecule has 0 radical (unpaired) electrons. The topological polar surface area (TPSA) is 75.6 Å². The summed E-state index contributed by atoms with van der Waals surface area (Å²) in [6.45, 7) is 3.18. The average Bonchev–Trinajstić information content (AvgIpc) is 2.36. The lowest BCUT2D eigenvalue weighted by molar-refractivity contribution is -0.146. The molecule has 0 heterocycles. The number of ether oxygens (including phenoxy) is 1. The van der Waals surface area contributed by atoms with Gasteiger partial charge in [0.25, 0.3) is 5.91 Å². The number of carboxylic acids is 1. The van der Waals surface area contributed by atoms with Crippen LogP contribution in [-0.4, -0.2) is 30.6 Å². The maximum absolute atomic E-state index is 11.8. The molecule has 2 N–H and O–H groups in total. The molecule has 1 amide bonds. The van der Waals surface area contributed by atoms with Gasteiger partial charge in [0.05, 0.1) is 12.5 Å². The summed E-state index contributed by atoms with van der Waals surface area (Å²) in [5.74, 6) is -0.684. The minimum atomic E-state index is -0.992. The average molecular weight is 251 g/mol. The van der Waals surface area contributed by atoms with Gasteiger partial charge in [0, 0.05) is 12.1 Å². The molecule has 0 atom stereocenters. The SMILES string of the molecule is COc1cccc(C(=O)NCC(C)(C)C(=O)O)c1. The molecule has 0 spiro atoms. The number of hydrogen-bond donors (Lipinski definition) is 2. The van der Waals surface area contributed by atoms with Gasteiger partial charge in [-0.15, -0.1) is 0 Å². The Labute approximate surface area is 106 Å². The van der Waals surface area contributed by atoms with Crippen molar-refractivity contribution in [2.75, 3.05) is 13.7 Å². The molecule has 0 unspecified atom stereocenters. The molecule has 98 valence electrons. The Morgan fingerprint density at radius 3 is 2.61 bits per heavy atom. The summed E-state index contributed by atoms with van der Waals surface area (Å²) in [4.78, 5) is 22.7. The highest BCUT2D eigenvalue weighted by Crippen LogP contribution is 2.15. The van der Waals surface area contributed by atoms with Gasteiger partial charge in [-0.2, -0.15) is 0 Å². The third kappa shape index (κ3) is 3.48. The lowest BCUT2D eigenvalue weighted by Gasteiger charge is -2.19. The predicted molar refractivity (Wildman–Crippen MR) is 66.7 cm³/mol. The molecule has 1 rings (SSSR count). The number of aliphatic carboxylic acids is 1. The molecule has 5 nitrogen and oxygen atoms in total. The molecule has 0 saturated carbocycles. The summed E-state index contributed by atoms with van der Waals surface area (Å²) in [5.41, 5.74) is -0.551. The van der Waals surface area contributed by atoms with E-state index in [-0.39, 0.29) is 12.5 Å². The Morgan fingerprint density at radius 2 is 2.06 bits per heavy atom. The molecule has 0 aromatic heterocycles. The van der Waals surface area contributed by atoms with E-state index in [1.807, 2.05) is 0 Å². The summed E-state index contributed by atoms with van der Waals surface area (Å²) >= 11 is 0. The first kappa shape index (κ1) is 14.0. The summed E-state index contributed by atoms with van der Waals surface area (Å²) < 4.78 is 5.01. The van der Waals surface area contributed by atoms with E-state index in [1.54, 1.807) is 38.1 Å². The standard InChI is InChI=1S/C13H17NO4/c1-13(2,12(16)17)8-14-11(15)9-5-4-6-10(7-9)18-3/h4-7H,8H2,1-3H3,(H,14,15)(H,16,17). The number of carbonyl (C=O) groups is 2. The van der Waals surface area contributed by atoms with Crippen LogP contribution in [0.3, 0.4) is 0 Å². The fraction of sp³-hybridized carbons (Fsp3) is 0.385. The van der Waals surface area contributed by atoms with Crippen LogP contribution >= 0.6 is 0 Å². The highest BCUT2D eigenvalue weighted by atomic mass is 16.5. The fourth-order valence-corrected chi connectivity index (χ4v) is 1.24. The maximum Gasteiger partial charge on any atom is 0.310 e. The molecule has 0 aliphatic carbocycles. The Morgan fingerprint density at radius 1 is 1.39 bits per heavy atom. The lowest BCUT2D eigenvalue weighted by atomic mass is 9.94. The van der Waals surface area contributed by atoms with E-state index in [1.165, 1.54) is 7.11 Å².